The van der Waals surface area contributed by atoms with Crippen LogP contribution in [0.25, 0.3) is 0 Å². The van der Waals surface area contributed by atoms with Gasteiger partial charge in [-0.3, -0.25) is 0 Å². The summed E-state index contributed by atoms with van der Waals surface area (Å²) in [6.07, 6.45) is 5.51. The quantitative estimate of drug-likeness (QED) is 0.351. The molecule has 0 radical (unpaired) electrons. The first-order valence-corrected chi connectivity index (χ1v) is 8.26. The van der Waals surface area contributed by atoms with Crippen molar-refractivity contribution in [3.8, 4) is 0 Å². The second kappa shape index (κ2) is 11.4. The summed E-state index contributed by atoms with van der Waals surface area (Å²) >= 11 is 0. The molecule has 0 aromatic carbocycles. The Morgan fingerprint density at radius 2 is 2.17 bits per heavy atom. The van der Waals surface area contributed by atoms with Crippen molar-refractivity contribution in [3.63, 3.8) is 0 Å². The molecule has 0 spiro atoms. The van der Waals surface area contributed by atoms with Gasteiger partial charge in [0.05, 0.1) is 12.9 Å². The molecular formula is C13H19NO2S2. The predicted molar refractivity (Wildman–Crippen MR) is 78.8 cm³/mol. The Morgan fingerprint density at radius 3 is 2.94 bits per heavy atom. The summed E-state index contributed by atoms with van der Waals surface area (Å²) in [4.78, 5) is 4.25. The number of aromatic nitrogens is 1. The van der Waals surface area contributed by atoms with Gasteiger partial charge in [0.2, 0.25) is 0 Å². The van der Waals surface area contributed by atoms with Crippen LogP contribution in [0, 0.1) is 0 Å². The number of ether oxygens (including phenoxy) is 2. The molecule has 18 heavy (non-hydrogen) atoms. The molecule has 0 amide bonds. The van der Waals surface area contributed by atoms with Gasteiger partial charge in [-0.25, -0.2) is 4.98 Å². The summed E-state index contributed by atoms with van der Waals surface area (Å²) in [6.45, 7) is 5.50. The molecule has 0 unspecified atom stereocenters. The molecule has 0 bridgehead atoms. The smallest absolute Gasteiger partial charge is 0.111 e. The number of nitrogens with zero attached hydrogens (tertiary/aromatic N) is 1. The number of hydrogen-bond donors (Lipinski definition) is 0. The largest absolute Gasteiger partial charge is 0.499 e. The van der Waals surface area contributed by atoms with Crippen LogP contribution in [0.1, 0.15) is 12.8 Å². The van der Waals surface area contributed by atoms with E-state index < -0.39 is 0 Å². The number of pyridine rings is 1. The van der Waals surface area contributed by atoms with Crippen molar-refractivity contribution in [1.82, 2.24) is 4.98 Å². The maximum absolute atomic E-state index is 5.40. The minimum atomic E-state index is 0.591. The van der Waals surface area contributed by atoms with Gasteiger partial charge >= 0.3 is 0 Å². The van der Waals surface area contributed by atoms with Gasteiger partial charge in [-0.2, -0.15) is 0 Å². The van der Waals surface area contributed by atoms with E-state index in [-0.39, 0.29) is 0 Å². The van der Waals surface area contributed by atoms with Gasteiger partial charge in [-0.05, 0) is 35.8 Å². The summed E-state index contributed by atoms with van der Waals surface area (Å²) in [7, 11) is 3.57. The van der Waals surface area contributed by atoms with Crippen molar-refractivity contribution in [2.24, 2.45) is 0 Å². The van der Waals surface area contributed by atoms with Crippen LogP contribution in [-0.2, 0) is 9.47 Å². The van der Waals surface area contributed by atoms with Crippen LogP contribution >= 0.6 is 21.6 Å². The average Bonchev–Trinajstić information content (AvgIpc) is 2.42. The lowest BCUT2D eigenvalue weighted by Gasteiger charge is -2.03. The highest BCUT2D eigenvalue weighted by atomic mass is 33.1. The molecule has 3 nitrogen and oxygen atoms in total. The molecule has 1 aromatic heterocycles. The minimum absolute atomic E-state index is 0.591. The van der Waals surface area contributed by atoms with E-state index in [1.165, 1.54) is 6.26 Å². The molecule has 0 aliphatic rings. The molecule has 0 saturated heterocycles. The van der Waals surface area contributed by atoms with Gasteiger partial charge in [0.15, 0.2) is 0 Å². The molecule has 5 heteroatoms. The Hall–Kier alpha value is -0.650. The van der Waals surface area contributed by atoms with E-state index in [1.807, 2.05) is 35.2 Å². The lowest BCUT2D eigenvalue weighted by molar-refractivity contribution is 0.0835. The standard InChI is InChI=1S/C13H19NO2S2/c1-2-15-10-11-16-9-5-6-12-17-18-13-7-3-4-8-14-13/h2-4,7-8H,1,5-6,9-12H2. The number of unbranched alkanes of at least 4 members (excludes halogenated alkanes) is 1. The summed E-state index contributed by atoms with van der Waals surface area (Å²) in [5.41, 5.74) is 0. The highest BCUT2D eigenvalue weighted by Crippen LogP contribution is 2.29. The maximum atomic E-state index is 5.40. The lowest BCUT2D eigenvalue weighted by atomic mass is 10.4. The van der Waals surface area contributed by atoms with Crippen molar-refractivity contribution in [1.29, 1.82) is 0 Å². The van der Waals surface area contributed by atoms with E-state index >= 15 is 0 Å². The Balaban J connectivity index is 1.83. The van der Waals surface area contributed by atoms with E-state index in [4.69, 9.17) is 9.47 Å². The Bertz CT molecular complexity index is 309. The topological polar surface area (TPSA) is 31.4 Å². The monoisotopic (exact) mass is 285 g/mol. The summed E-state index contributed by atoms with van der Waals surface area (Å²) in [6, 6.07) is 5.97. The summed E-state index contributed by atoms with van der Waals surface area (Å²) < 4.78 is 10.4. The average molecular weight is 285 g/mol. The van der Waals surface area contributed by atoms with Crippen molar-refractivity contribution in [2.45, 2.75) is 17.9 Å². The second-order valence-corrected chi connectivity index (χ2v) is 5.87. The van der Waals surface area contributed by atoms with E-state index in [1.54, 1.807) is 10.8 Å². The van der Waals surface area contributed by atoms with E-state index in [0.29, 0.717) is 13.2 Å². The zero-order valence-corrected chi connectivity index (χ0v) is 12.0. The van der Waals surface area contributed by atoms with Crippen LogP contribution in [0.5, 0.6) is 0 Å². The third-order valence-electron chi connectivity index (χ3n) is 2.01. The van der Waals surface area contributed by atoms with Crippen molar-refractivity contribution in [2.75, 3.05) is 25.6 Å². The first-order chi connectivity index (χ1) is 8.93. The summed E-state index contributed by atoms with van der Waals surface area (Å²) in [5, 5.41) is 1.07. The van der Waals surface area contributed by atoms with E-state index in [9.17, 15) is 0 Å². The number of rotatable bonds is 11. The first kappa shape index (κ1) is 15.4. The van der Waals surface area contributed by atoms with Gasteiger partial charge in [-0.15, -0.1) is 0 Å². The van der Waals surface area contributed by atoms with Gasteiger partial charge < -0.3 is 9.47 Å². The normalized spacial score (nSPS) is 10.2. The Labute approximate surface area is 117 Å². The van der Waals surface area contributed by atoms with Crippen LogP contribution < -0.4 is 0 Å². The van der Waals surface area contributed by atoms with E-state index in [0.717, 1.165) is 30.2 Å². The zero-order valence-electron chi connectivity index (χ0n) is 10.4. The fourth-order valence-electron chi connectivity index (χ4n) is 1.16. The molecule has 100 valence electrons. The fourth-order valence-corrected chi connectivity index (χ4v) is 3.18. The van der Waals surface area contributed by atoms with Gasteiger partial charge in [0.1, 0.15) is 11.6 Å². The molecule has 0 aliphatic carbocycles. The molecule has 0 aliphatic heterocycles. The lowest BCUT2D eigenvalue weighted by Crippen LogP contribution is -2.02. The minimum Gasteiger partial charge on any atom is -0.499 e. The molecule has 0 N–H and O–H groups in total. The molecule has 0 atom stereocenters. The Kier molecular flexibility index (Phi) is 9.79. The second-order valence-electron chi connectivity index (χ2n) is 3.43. The van der Waals surface area contributed by atoms with Crippen molar-refractivity contribution >= 4 is 21.6 Å². The third kappa shape index (κ3) is 8.44. The van der Waals surface area contributed by atoms with Crippen LogP contribution in [0.3, 0.4) is 0 Å². The SMILES string of the molecule is C=COCCOCCCCSSc1ccccn1. The first-order valence-electron chi connectivity index (χ1n) is 5.94. The molecular weight excluding hydrogens is 266 g/mol. The van der Waals surface area contributed by atoms with Gasteiger partial charge in [0.25, 0.3) is 0 Å². The molecule has 1 aromatic rings. The van der Waals surface area contributed by atoms with E-state index in [2.05, 4.69) is 11.6 Å². The van der Waals surface area contributed by atoms with Crippen molar-refractivity contribution in [3.05, 3.63) is 37.2 Å². The van der Waals surface area contributed by atoms with Crippen molar-refractivity contribution < 1.29 is 9.47 Å². The molecule has 1 heterocycles. The Morgan fingerprint density at radius 1 is 1.22 bits per heavy atom. The fraction of sp³-hybridized carbons (Fsp3) is 0.462. The maximum Gasteiger partial charge on any atom is 0.111 e. The molecule has 1 rings (SSSR count). The zero-order chi connectivity index (χ0) is 12.9. The third-order valence-corrected chi connectivity index (χ3v) is 4.36. The van der Waals surface area contributed by atoms with Crippen LogP contribution in [-0.4, -0.2) is 30.6 Å². The predicted octanol–water partition coefficient (Wildman–Crippen LogP) is 3.78. The van der Waals surface area contributed by atoms with Crippen LogP contribution in [0.2, 0.25) is 0 Å². The molecule has 0 saturated carbocycles. The highest BCUT2D eigenvalue weighted by Gasteiger charge is 1.95. The van der Waals surface area contributed by atoms with Gasteiger partial charge in [-0.1, -0.05) is 23.4 Å². The van der Waals surface area contributed by atoms with Gasteiger partial charge in [0, 0.05) is 18.6 Å². The molecule has 0 fully saturated rings. The van der Waals surface area contributed by atoms with Crippen LogP contribution in [0.15, 0.2) is 42.3 Å². The van der Waals surface area contributed by atoms with Crippen LogP contribution in [0.4, 0.5) is 0 Å². The summed E-state index contributed by atoms with van der Waals surface area (Å²) in [5.74, 6) is 1.12. The highest BCUT2D eigenvalue weighted by molar-refractivity contribution is 8.76. The number of hydrogen-bond acceptors (Lipinski definition) is 5.